The molecule has 0 aromatic rings. The van der Waals surface area contributed by atoms with Crippen LogP contribution in [0.1, 0.15) is 34.1 Å². The standard InChI is InChI=1S/C15H22O3/c1-10(7-8-16)5-6-12-11(2)14(18)13(17)9-15(12,3)4/h5-7,13,16-17H,8-9H2,1-4H3/b6-5+,10-7+. The Bertz CT molecular complexity index is 425. The second kappa shape index (κ2) is 5.63. The van der Waals surface area contributed by atoms with Gasteiger partial charge in [-0.1, -0.05) is 37.6 Å². The van der Waals surface area contributed by atoms with Crippen LogP contribution in [0.2, 0.25) is 0 Å². The number of aliphatic hydroxyl groups excluding tert-OH is 2. The maximum Gasteiger partial charge on any atom is 0.187 e. The predicted octanol–water partition coefficient (Wildman–Crippen LogP) is 2.16. The van der Waals surface area contributed by atoms with Crippen molar-refractivity contribution < 1.29 is 15.0 Å². The van der Waals surface area contributed by atoms with Gasteiger partial charge in [0.2, 0.25) is 0 Å². The third-order valence-electron chi connectivity index (χ3n) is 3.44. The number of hydrogen-bond acceptors (Lipinski definition) is 3. The van der Waals surface area contributed by atoms with Crippen molar-refractivity contribution in [2.75, 3.05) is 6.61 Å². The van der Waals surface area contributed by atoms with Crippen LogP contribution >= 0.6 is 0 Å². The van der Waals surface area contributed by atoms with Gasteiger partial charge in [-0.25, -0.2) is 0 Å². The summed E-state index contributed by atoms with van der Waals surface area (Å²) in [5.74, 6) is -0.183. The smallest absolute Gasteiger partial charge is 0.187 e. The highest BCUT2D eigenvalue weighted by Gasteiger charge is 2.36. The molecule has 0 heterocycles. The third-order valence-corrected chi connectivity index (χ3v) is 3.44. The lowest BCUT2D eigenvalue weighted by Crippen LogP contribution is -2.35. The Kier molecular flexibility index (Phi) is 4.65. The maximum atomic E-state index is 11.8. The molecule has 1 unspecified atom stereocenters. The Labute approximate surface area is 109 Å². The second-order valence-corrected chi connectivity index (χ2v) is 5.47. The monoisotopic (exact) mass is 250 g/mol. The quantitative estimate of drug-likeness (QED) is 0.755. The Morgan fingerprint density at radius 2 is 2.11 bits per heavy atom. The number of allylic oxidation sites excluding steroid dienone is 4. The van der Waals surface area contributed by atoms with E-state index in [4.69, 9.17) is 5.11 Å². The highest BCUT2D eigenvalue weighted by molar-refractivity contribution is 6.00. The number of carbonyl (C=O) groups is 1. The average molecular weight is 250 g/mol. The van der Waals surface area contributed by atoms with Crippen LogP contribution in [0.3, 0.4) is 0 Å². The van der Waals surface area contributed by atoms with Crippen molar-refractivity contribution in [3.63, 3.8) is 0 Å². The van der Waals surface area contributed by atoms with E-state index >= 15 is 0 Å². The van der Waals surface area contributed by atoms with Crippen LogP contribution in [-0.2, 0) is 4.79 Å². The molecule has 0 radical (unpaired) electrons. The van der Waals surface area contributed by atoms with E-state index in [0.29, 0.717) is 12.0 Å². The normalized spacial score (nSPS) is 25.1. The average Bonchev–Trinajstić information content (AvgIpc) is 2.25. The van der Waals surface area contributed by atoms with Crippen molar-refractivity contribution in [2.24, 2.45) is 5.41 Å². The summed E-state index contributed by atoms with van der Waals surface area (Å²) in [6.45, 7) is 7.72. The molecule has 18 heavy (non-hydrogen) atoms. The van der Waals surface area contributed by atoms with Crippen molar-refractivity contribution in [3.05, 3.63) is 34.9 Å². The van der Waals surface area contributed by atoms with Crippen molar-refractivity contribution in [3.8, 4) is 0 Å². The van der Waals surface area contributed by atoms with E-state index < -0.39 is 6.10 Å². The molecule has 1 aliphatic rings. The van der Waals surface area contributed by atoms with E-state index in [1.54, 1.807) is 13.0 Å². The molecule has 0 fully saturated rings. The van der Waals surface area contributed by atoms with Gasteiger partial charge in [0.1, 0.15) is 6.10 Å². The summed E-state index contributed by atoms with van der Waals surface area (Å²) in [7, 11) is 0. The molecular weight excluding hydrogens is 228 g/mol. The first kappa shape index (κ1) is 14.9. The lowest BCUT2D eigenvalue weighted by Gasteiger charge is -2.34. The predicted molar refractivity (Wildman–Crippen MR) is 72.1 cm³/mol. The van der Waals surface area contributed by atoms with Crippen LogP contribution in [0.5, 0.6) is 0 Å². The molecule has 1 rings (SSSR count). The van der Waals surface area contributed by atoms with Crippen LogP contribution in [-0.4, -0.2) is 28.7 Å². The maximum absolute atomic E-state index is 11.8. The van der Waals surface area contributed by atoms with Crippen molar-refractivity contribution in [2.45, 2.75) is 40.2 Å². The number of carbonyl (C=O) groups excluding carboxylic acids is 1. The molecule has 2 N–H and O–H groups in total. The van der Waals surface area contributed by atoms with E-state index in [2.05, 4.69) is 0 Å². The van der Waals surface area contributed by atoms with E-state index in [1.165, 1.54) is 0 Å². The topological polar surface area (TPSA) is 57.5 Å². The lowest BCUT2D eigenvalue weighted by atomic mass is 9.71. The molecular formula is C15H22O3. The summed E-state index contributed by atoms with van der Waals surface area (Å²) in [5.41, 5.74) is 2.33. The first-order valence-corrected chi connectivity index (χ1v) is 6.19. The molecule has 100 valence electrons. The minimum Gasteiger partial charge on any atom is -0.392 e. The Hall–Kier alpha value is -1.19. The Balaban J connectivity index is 3.11. The summed E-state index contributed by atoms with van der Waals surface area (Å²) in [6, 6.07) is 0. The molecule has 0 saturated carbocycles. The number of hydrogen-bond donors (Lipinski definition) is 2. The fraction of sp³-hybridized carbons (Fsp3) is 0.533. The zero-order chi connectivity index (χ0) is 13.9. The minimum atomic E-state index is -0.883. The number of ketones is 1. The van der Waals surface area contributed by atoms with Gasteiger partial charge < -0.3 is 10.2 Å². The molecule has 0 spiro atoms. The number of Topliss-reactive ketones (excluding diaryl/α,β-unsaturated/α-hetero) is 1. The van der Waals surface area contributed by atoms with E-state index in [1.807, 2.05) is 32.9 Å². The summed E-state index contributed by atoms with van der Waals surface area (Å²) in [6.07, 6.45) is 5.08. The lowest BCUT2D eigenvalue weighted by molar-refractivity contribution is -0.125. The van der Waals surface area contributed by atoms with Crippen LogP contribution in [0.4, 0.5) is 0 Å². The van der Waals surface area contributed by atoms with Gasteiger partial charge in [-0.05, 0) is 36.8 Å². The molecule has 1 atom stereocenters. The molecule has 3 nitrogen and oxygen atoms in total. The minimum absolute atomic E-state index is 0.00917. The number of aliphatic hydroxyl groups is 2. The fourth-order valence-corrected chi connectivity index (χ4v) is 2.35. The SMILES string of the molecule is CC1=C(/C=C/C(C)=C/CO)C(C)(C)CC(O)C1=O. The molecule has 0 amide bonds. The molecule has 0 saturated heterocycles. The van der Waals surface area contributed by atoms with Gasteiger partial charge in [0.05, 0.1) is 6.61 Å². The van der Waals surface area contributed by atoms with Gasteiger partial charge in [-0.15, -0.1) is 0 Å². The summed E-state index contributed by atoms with van der Waals surface area (Å²) >= 11 is 0. The molecule has 3 heteroatoms. The molecule has 0 aromatic carbocycles. The number of rotatable bonds is 3. The zero-order valence-electron chi connectivity index (χ0n) is 11.5. The fourth-order valence-electron chi connectivity index (χ4n) is 2.35. The summed E-state index contributed by atoms with van der Waals surface area (Å²) < 4.78 is 0. The van der Waals surface area contributed by atoms with Gasteiger partial charge in [-0.2, -0.15) is 0 Å². The molecule has 0 aliphatic heterocycles. The molecule has 0 aromatic heterocycles. The Morgan fingerprint density at radius 3 is 2.67 bits per heavy atom. The van der Waals surface area contributed by atoms with Gasteiger partial charge in [0.15, 0.2) is 5.78 Å². The van der Waals surface area contributed by atoms with Crippen LogP contribution < -0.4 is 0 Å². The van der Waals surface area contributed by atoms with Crippen molar-refractivity contribution in [1.82, 2.24) is 0 Å². The van der Waals surface area contributed by atoms with Crippen molar-refractivity contribution >= 4 is 5.78 Å². The second-order valence-electron chi connectivity index (χ2n) is 5.47. The highest BCUT2D eigenvalue weighted by Crippen LogP contribution is 2.39. The van der Waals surface area contributed by atoms with Gasteiger partial charge in [0.25, 0.3) is 0 Å². The van der Waals surface area contributed by atoms with E-state index in [9.17, 15) is 9.90 Å². The van der Waals surface area contributed by atoms with Crippen molar-refractivity contribution in [1.29, 1.82) is 0 Å². The van der Waals surface area contributed by atoms with Crippen LogP contribution in [0.25, 0.3) is 0 Å². The first-order valence-electron chi connectivity index (χ1n) is 6.19. The van der Waals surface area contributed by atoms with Gasteiger partial charge in [0, 0.05) is 0 Å². The highest BCUT2D eigenvalue weighted by atomic mass is 16.3. The van der Waals surface area contributed by atoms with Crippen LogP contribution in [0.15, 0.2) is 34.9 Å². The molecule has 1 aliphatic carbocycles. The summed E-state index contributed by atoms with van der Waals surface area (Å²) in [4.78, 5) is 11.8. The van der Waals surface area contributed by atoms with E-state index in [0.717, 1.165) is 11.1 Å². The van der Waals surface area contributed by atoms with E-state index in [-0.39, 0.29) is 17.8 Å². The zero-order valence-corrected chi connectivity index (χ0v) is 11.5. The first-order chi connectivity index (χ1) is 8.29. The largest absolute Gasteiger partial charge is 0.392 e. The summed E-state index contributed by atoms with van der Waals surface area (Å²) in [5, 5.41) is 18.5. The van der Waals surface area contributed by atoms with Crippen LogP contribution in [0, 0.1) is 5.41 Å². The third kappa shape index (κ3) is 3.18. The Morgan fingerprint density at radius 1 is 1.50 bits per heavy atom. The van der Waals surface area contributed by atoms with Gasteiger partial charge in [-0.3, -0.25) is 4.79 Å². The molecule has 0 bridgehead atoms. The van der Waals surface area contributed by atoms with Gasteiger partial charge >= 0.3 is 0 Å².